The largest absolute Gasteiger partial charge is 0.347 e. The maximum atomic E-state index is 4.92. The molecule has 1 unspecified atom stereocenters. The summed E-state index contributed by atoms with van der Waals surface area (Å²) in [4.78, 5) is 5.85. The fourth-order valence-electron chi connectivity index (χ4n) is 0.640. The van der Waals surface area contributed by atoms with Crippen LogP contribution in [-0.2, 0) is 4.74 Å². The minimum Gasteiger partial charge on any atom is -0.347 e. The van der Waals surface area contributed by atoms with Crippen molar-refractivity contribution in [2.75, 3.05) is 20.7 Å². The monoisotopic (exact) mass is 113 g/mol. The van der Waals surface area contributed by atoms with Gasteiger partial charge in [-0.15, -0.1) is 0 Å². The molecular weight excluding hydrogens is 104 g/mol. The lowest BCUT2D eigenvalue weighted by atomic mass is 10.7. The Kier molecular flexibility index (Phi) is 1.60. The van der Waals surface area contributed by atoms with Gasteiger partial charge >= 0.3 is 0 Å². The van der Waals surface area contributed by atoms with Gasteiger partial charge < -0.3 is 4.74 Å². The van der Waals surface area contributed by atoms with E-state index < -0.39 is 0 Å². The number of hydrogen-bond donors (Lipinski definition) is 0. The van der Waals surface area contributed by atoms with Crippen LogP contribution in [0.2, 0.25) is 0 Å². The SMILES string of the molecule is COC1N=[C]CN1C. The highest BCUT2D eigenvalue weighted by atomic mass is 16.5. The van der Waals surface area contributed by atoms with E-state index in [9.17, 15) is 0 Å². The van der Waals surface area contributed by atoms with Gasteiger partial charge in [0.1, 0.15) is 0 Å². The third kappa shape index (κ3) is 0.877. The molecule has 1 atom stereocenters. The number of methoxy groups -OCH3 is 1. The standard InChI is InChI=1S/C5H9N2O/c1-7-4-3-6-5(7)8-2/h5H,4H2,1-2H3. The second-order valence-corrected chi connectivity index (χ2v) is 1.76. The normalized spacial score (nSPS) is 29.5. The first-order chi connectivity index (χ1) is 3.84. The van der Waals surface area contributed by atoms with Gasteiger partial charge in [-0.25, -0.2) is 4.99 Å². The molecule has 0 saturated carbocycles. The van der Waals surface area contributed by atoms with Crippen LogP contribution in [0.4, 0.5) is 0 Å². The van der Waals surface area contributed by atoms with Crippen molar-refractivity contribution in [3.8, 4) is 0 Å². The molecule has 1 aliphatic rings. The molecule has 8 heavy (non-hydrogen) atoms. The second kappa shape index (κ2) is 2.24. The van der Waals surface area contributed by atoms with E-state index in [4.69, 9.17) is 4.74 Å². The quantitative estimate of drug-likeness (QED) is 0.471. The van der Waals surface area contributed by atoms with Crippen LogP contribution in [0.1, 0.15) is 0 Å². The van der Waals surface area contributed by atoms with Crippen molar-refractivity contribution < 1.29 is 4.74 Å². The Morgan fingerprint density at radius 2 is 2.62 bits per heavy atom. The van der Waals surface area contributed by atoms with Crippen LogP contribution in [0.15, 0.2) is 4.99 Å². The van der Waals surface area contributed by atoms with Crippen LogP contribution in [0.25, 0.3) is 0 Å². The lowest BCUT2D eigenvalue weighted by Gasteiger charge is -2.13. The van der Waals surface area contributed by atoms with Gasteiger partial charge in [-0.2, -0.15) is 0 Å². The van der Waals surface area contributed by atoms with Gasteiger partial charge in [0.25, 0.3) is 0 Å². The summed E-state index contributed by atoms with van der Waals surface area (Å²) < 4.78 is 4.92. The third-order valence-corrected chi connectivity index (χ3v) is 1.11. The van der Waals surface area contributed by atoms with E-state index in [1.807, 2.05) is 11.9 Å². The molecule has 0 fully saturated rings. The molecule has 0 aromatic rings. The smallest absolute Gasteiger partial charge is 0.207 e. The number of aliphatic imine (C=N–C) groups is 1. The summed E-state index contributed by atoms with van der Waals surface area (Å²) in [5, 5.41) is 0. The summed E-state index contributed by atoms with van der Waals surface area (Å²) in [6.07, 6.45) is 2.71. The number of rotatable bonds is 1. The van der Waals surface area contributed by atoms with Crippen LogP contribution < -0.4 is 0 Å². The molecule has 1 aliphatic heterocycles. The van der Waals surface area contributed by atoms with Crippen LogP contribution in [0.5, 0.6) is 0 Å². The number of nitrogens with zero attached hydrogens (tertiary/aromatic N) is 2. The average molecular weight is 113 g/mol. The minimum absolute atomic E-state index is 0.0880. The van der Waals surface area contributed by atoms with E-state index in [1.54, 1.807) is 7.11 Å². The molecule has 45 valence electrons. The van der Waals surface area contributed by atoms with Gasteiger partial charge in [-0.3, -0.25) is 4.90 Å². The van der Waals surface area contributed by atoms with Crippen LogP contribution in [0, 0.1) is 0 Å². The van der Waals surface area contributed by atoms with Crippen LogP contribution >= 0.6 is 0 Å². The Bertz CT molecular complexity index is 103. The molecule has 0 aromatic carbocycles. The van der Waals surface area contributed by atoms with Crippen molar-refractivity contribution in [2.45, 2.75) is 6.35 Å². The molecule has 3 heteroatoms. The Morgan fingerprint density at radius 1 is 1.88 bits per heavy atom. The van der Waals surface area contributed by atoms with Gasteiger partial charge in [-0.05, 0) is 7.05 Å². The number of hydrogen-bond acceptors (Lipinski definition) is 3. The lowest BCUT2D eigenvalue weighted by Crippen LogP contribution is -2.26. The van der Waals surface area contributed by atoms with E-state index in [0.717, 1.165) is 6.54 Å². The van der Waals surface area contributed by atoms with Crippen molar-refractivity contribution in [3.63, 3.8) is 0 Å². The topological polar surface area (TPSA) is 24.8 Å². The van der Waals surface area contributed by atoms with Crippen molar-refractivity contribution in [3.05, 3.63) is 0 Å². The zero-order chi connectivity index (χ0) is 5.98. The molecule has 3 nitrogen and oxygen atoms in total. The van der Waals surface area contributed by atoms with Crippen LogP contribution in [-0.4, -0.2) is 38.2 Å². The summed E-state index contributed by atoms with van der Waals surface area (Å²) in [5.41, 5.74) is 0. The van der Waals surface area contributed by atoms with Crippen LogP contribution in [0.3, 0.4) is 0 Å². The van der Waals surface area contributed by atoms with E-state index in [0.29, 0.717) is 0 Å². The molecule has 0 bridgehead atoms. The molecule has 1 radical (unpaired) electrons. The van der Waals surface area contributed by atoms with E-state index in [1.165, 1.54) is 0 Å². The molecular formula is C5H9N2O. The summed E-state index contributed by atoms with van der Waals surface area (Å²) >= 11 is 0. The highest BCUT2D eigenvalue weighted by Crippen LogP contribution is 2.01. The first-order valence-corrected chi connectivity index (χ1v) is 2.50. The average Bonchev–Trinajstić information content (AvgIpc) is 2.14. The molecule has 1 rings (SSSR count). The summed E-state index contributed by atoms with van der Waals surface area (Å²) in [6, 6.07) is 0. The van der Waals surface area contributed by atoms with Crippen molar-refractivity contribution in [1.82, 2.24) is 4.90 Å². The van der Waals surface area contributed by atoms with Crippen molar-refractivity contribution >= 4 is 6.21 Å². The second-order valence-electron chi connectivity index (χ2n) is 1.76. The predicted molar refractivity (Wildman–Crippen MR) is 30.9 cm³/mol. The third-order valence-electron chi connectivity index (χ3n) is 1.11. The van der Waals surface area contributed by atoms with E-state index >= 15 is 0 Å². The molecule has 0 amide bonds. The molecule has 0 N–H and O–H groups in total. The van der Waals surface area contributed by atoms with E-state index in [-0.39, 0.29) is 6.35 Å². The summed E-state index contributed by atoms with van der Waals surface area (Å²) in [6.45, 7) is 0.776. The van der Waals surface area contributed by atoms with E-state index in [2.05, 4.69) is 11.2 Å². The van der Waals surface area contributed by atoms with Gasteiger partial charge in [0.2, 0.25) is 6.35 Å². The van der Waals surface area contributed by atoms with Crippen molar-refractivity contribution in [2.24, 2.45) is 4.99 Å². The Labute approximate surface area is 49.0 Å². The molecule has 1 heterocycles. The summed E-state index contributed by atoms with van der Waals surface area (Å²) in [5.74, 6) is 0. The Balaban J connectivity index is 2.41. The highest BCUT2D eigenvalue weighted by molar-refractivity contribution is 5.61. The molecule has 0 spiro atoms. The zero-order valence-corrected chi connectivity index (χ0v) is 5.09. The van der Waals surface area contributed by atoms with Gasteiger partial charge in [0.05, 0.1) is 6.21 Å². The fourth-order valence-corrected chi connectivity index (χ4v) is 0.640. The molecule has 0 saturated heterocycles. The van der Waals surface area contributed by atoms with Crippen molar-refractivity contribution in [1.29, 1.82) is 0 Å². The zero-order valence-electron chi connectivity index (χ0n) is 5.09. The lowest BCUT2D eigenvalue weighted by molar-refractivity contribution is 0.00871. The van der Waals surface area contributed by atoms with Gasteiger partial charge in [0.15, 0.2) is 0 Å². The maximum Gasteiger partial charge on any atom is 0.207 e. The fraction of sp³-hybridized carbons (Fsp3) is 0.800. The highest BCUT2D eigenvalue weighted by Gasteiger charge is 2.14. The maximum absolute atomic E-state index is 4.92. The number of ether oxygens (including phenoxy) is 1. The first kappa shape index (κ1) is 5.72. The van der Waals surface area contributed by atoms with Gasteiger partial charge in [-0.1, -0.05) is 0 Å². The molecule has 0 aliphatic carbocycles. The Hall–Kier alpha value is -0.410. The minimum atomic E-state index is -0.0880. The summed E-state index contributed by atoms with van der Waals surface area (Å²) in [7, 11) is 3.58. The molecule has 0 aromatic heterocycles. The predicted octanol–water partition coefficient (Wildman–Crippen LogP) is -0.190. The first-order valence-electron chi connectivity index (χ1n) is 2.50. The van der Waals surface area contributed by atoms with Gasteiger partial charge in [0, 0.05) is 13.7 Å². The Morgan fingerprint density at radius 3 is 2.88 bits per heavy atom.